The maximum atomic E-state index is 5.94. The molecule has 3 rings (SSSR count). The Hall–Kier alpha value is -2.35. The number of ether oxygens (including phenoxy) is 1. The molecule has 2 aromatic rings. The SMILES string of the molecule is CCNC(=NCCCCn1ccnc1C)N1CCOC(c2cnn(C)c2)C1. The van der Waals surface area contributed by atoms with E-state index in [1.807, 2.05) is 43.4 Å². The van der Waals surface area contributed by atoms with Crippen LogP contribution in [0.2, 0.25) is 0 Å². The van der Waals surface area contributed by atoms with E-state index in [9.17, 15) is 0 Å². The standard InChI is InChI=1S/C19H31N7O/c1-4-20-19(22-7-5-6-9-25-10-8-21-16(25)2)26-11-12-27-18(15-26)17-13-23-24(3)14-17/h8,10,13-14,18H,4-7,9,11-12,15H2,1-3H3,(H,20,22). The molecule has 0 aromatic carbocycles. The molecule has 1 saturated heterocycles. The highest BCUT2D eigenvalue weighted by Gasteiger charge is 2.25. The summed E-state index contributed by atoms with van der Waals surface area (Å²) < 4.78 is 9.95. The average molecular weight is 374 g/mol. The van der Waals surface area contributed by atoms with Crippen molar-refractivity contribution in [3.8, 4) is 0 Å². The van der Waals surface area contributed by atoms with E-state index in [1.54, 1.807) is 0 Å². The molecular formula is C19H31N7O. The van der Waals surface area contributed by atoms with Crippen molar-refractivity contribution in [2.45, 2.75) is 39.3 Å². The fourth-order valence-electron chi connectivity index (χ4n) is 3.29. The van der Waals surface area contributed by atoms with Gasteiger partial charge in [-0.1, -0.05) is 0 Å². The van der Waals surface area contributed by atoms with E-state index < -0.39 is 0 Å². The lowest BCUT2D eigenvalue weighted by atomic mass is 10.1. The molecule has 3 heterocycles. The number of aryl methyl sites for hydroxylation is 3. The number of unbranched alkanes of at least 4 members (excludes halogenated alkanes) is 1. The van der Waals surface area contributed by atoms with E-state index in [0.29, 0.717) is 6.61 Å². The number of aliphatic imine (C=N–C) groups is 1. The summed E-state index contributed by atoms with van der Waals surface area (Å²) in [6, 6.07) is 0. The summed E-state index contributed by atoms with van der Waals surface area (Å²) in [5, 5.41) is 7.69. The summed E-state index contributed by atoms with van der Waals surface area (Å²) in [5.41, 5.74) is 1.12. The van der Waals surface area contributed by atoms with Crippen molar-refractivity contribution in [2.24, 2.45) is 12.0 Å². The Kier molecular flexibility index (Phi) is 6.86. The molecule has 0 spiro atoms. The Morgan fingerprint density at radius 1 is 1.41 bits per heavy atom. The van der Waals surface area contributed by atoms with E-state index in [0.717, 1.165) is 62.9 Å². The van der Waals surface area contributed by atoms with Gasteiger partial charge in [-0.25, -0.2) is 4.98 Å². The zero-order valence-electron chi connectivity index (χ0n) is 16.6. The summed E-state index contributed by atoms with van der Waals surface area (Å²) in [5.74, 6) is 2.05. The van der Waals surface area contributed by atoms with Crippen molar-refractivity contribution in [1.29, 1.82) is 0 Å². The maximum absolute atomic E-state index is 5.94. The monoisotopic (exact) mass is 373 g/mol. The number of nitrogens with one attached hydrogen (secondary N) is 1. The van der Waals surface area contributed by atoms with Gasteiger partial charge in [0.15, 0.2) is 5.96 Å². The van der Waals surface area contributed by atoms with Crippen molar-refractivity contribution >= 4 is 5.96 Å². The summed E-state index contributed by atoms with van der Waals surface area (Å²) in [4.78, 5) is 11.4. The second kappa shape index (κ2) is 9.55. The zero-order chi connectivity index (χ0) is 19.1. The van der Waals surface area contributed by atoms with Crippen LogP contribution in [0.5, 0.6) is 0 Å². The molecule has 1 unspecified atom stereocenters. The fraction of sp³-hybridized carbons (Fsp3) is 0.632. The van der Waals surface area contributed by atoms with Gasteiger partial charge in [0.2, 0.25) is 0 Å². The summed E-state index contributed by atoms with van der Waals surface area (Å²) >= 11 is 0. The Bertz CT molecular complexity index is 736. The molecule has 0 amide bonds. The number of imidazole rings is 1. The smallest absolute Gasteiger partial charge is 0.194 e. The third-order valence-electron chi connectivity index (χ3n) is 4.79. The van der Waals surface area contributed by atoms with Crippen molar-refractivity contribution in [2.75, 3.05) is 32.8 Å². The van der Waals surface area contributed by atoms with Crippen molar-refractivity contribution < 1.29 is 4.74 Å². The topological polar surface area (TPSA) is 72.5 Å². The quantitative estimate of drug-likeness (QED) is 0.455. The van der Waals surface area contributed by atoms with E-state index in [1.165, 1.54) is 0 Å². The summed E-state index contributed by atoms with van der Waals surface area (Å²) in [6.45, 7) is 9.19. The Morgan fingerprint density at radius 3 is 3.00 bits per heavy atom. The van der Waals surface area contributed by atoms with Gasteiger partial charge in [-0.2, -0.15) is 5.10 Å². The number of hydrogen-bond acceptors (Lipinski definition) is 4. The maximum Gasteiger partial charge on any atom is 0.194 e. The first-order chi connectivity index (χ1) is 13.2. The van der Waals surface area contributed by atoms with Crippen LogP contribution in [-0.2, 0) is 18.3 Å². The first-order valence-corrected chi connectivity index (χ1v) is 9.78. The van der Waals surface area contributed by atoms with Crippen LogP contribution < -0.4 is 5.32 Å². The van der Waals surface area contributed by atoms with Gasteiger partial charge < -0.3 is 19.5 Å². The van der Waals surface area contributed by atoms with E-state index in [-0.39, 0.29) is 6.10 Å². The van der Waals surface area contributed by atoms with Gasteiger partial charge in [0, 0.05) is 57.4 Å². The van der Waals surface area contributed by atoms with Gasteiger partial charge in [0.1, 0.15) is 11.9 Å². The van der Waals surface area contributed by atoms with Crippen LogP contribution in [0.15, 0.2) is 29.8 Å². The summed E-state index contributed by atoms with van der Waals surface area (Å²) in [6.07, 6.45) is 10.0. The number of aromatic nitrogens is 4. The third-order valence-corrected chi connectivity index (χ3v) is 4.79. The predicted octanol–water partition coefficient (Wildman–Crippen LogP) is 1.74. The number of rotatable bonds is 7. The number of nitrogens with zero attached hydrogens (tertiary/aromatic N) is 6. The fourth-order valence-corrected chi connectivity index (χ4v) is 3.29. The molecule has 1 aliphatic heterocycles. The molecule has 1 aliphatic rings. The molecule has 0 bridgehead atoms. The van der Waals surface area contributed by atoms with Crippen LogP contribution in [0, 0.1) is 6.92 Å². The lowest BCUT2D eigenvalue weighted by Crippen LogP contribution is -2.48. The predicted molar refractivity (Wildman–Crippen MR) is 106 cm³/mol. The number of hydrogen-bond donors (Lipinski definition) is 1. The van der Waals surface area contributed by atoms with E-state index in [4.69, 9.17) is 9.73 Å². The van der Waals surface area contributed by atoms with Gasteiger partial charge in [0.25, 0.3) is 0 Å². The van der Waals surface area contributed by atoms with Crippen LogP contribution in [-0.4, -0.2) is 63.0 Å². The number of guanidine groups is 1. The molecule has 1 N–H and O–H groups in total. The third kappa shape index (κ3) is 5.32. The van der Waals surface area contributed by atoms with Crippen LogP contribution in [0.1, 0.15) is 37.3 Å². The largest absolute Gasteiger partial charge is 0.370 e. The normalized spacial score (nSPS) is 18.1. The van der Waals surface area contributed by atoms with Gasteiger partial charge in [-0.3, -0.25) is 9.67 Å². The van der Waals surface area contributed by atoms with Crippen molar-refractivity contribution in [3.63, 3.8) is 0 Å². The number of morpholine rings is 1. The summed E-state index contributed by atoms with van der Waals surface area (Å²) in [7, 11) is 1.93. The Morgan fingerprint density at radius 2 is 2.30 bits per heavy atom. The lowest BCUT2D eigenvalue weighted by Gasteiger charge is -2.34. The minimum atomic E-state index is 0.0422. The molecule has 0 aliphatic carbocycles. The minimum Gasteiger partial charge on any atom is -0.370 e. The first kappa shape index (κ1) is 19.4. The van der Waals surface area contributed by atoms with Gasteiger partial charge in [-0.05, 0) is 26.7 Å². The molecule has 27 heavy (non-hydrogen) atoms. The molecule has 148 valence electrons. The highest BCUT2D eigenvalue weighted by Crippen LogP contribution is 2.21. The van der Waals surface area contributed by atoms with E-state index >= 15 is 0 Å². The van der Waals surface area contributed by atoms with Crippen LogP contribution in [0.3, 0.4) is 0 Å². The molecule has 0 radical (unpaired) electrons. The molecule has 8 nitrogen and oxygen atoms in total. The molecule has 2 aromatic heterocycles. The Labute approximate surface area is 161 Å². The van der Waals surface area contributed by atoms with Gasteiger partial charge in [0.05, 0.1) is 19.3 Å². The second-order valence-electron chi connectivity index (χ2n) is 6.86. The van der Waals surface area contributed by atoms with Gasteiger partial charge >= 0.3 is 0 Å². The Balaban J connectivity index is 1.52. The zero-order valence-corrected chi connectivity index (χ0v) is 16.6. The first-order valence-electron chi connectivity index (χ1n) is 9.78. The molecule has 1 atom stereocenters. The van der Waals surface area contributed by atoms with Gasteiger partial charge in [-0.15, -0.1) is 0 Å². The second-order valence-corrected chi connectivity index (χ2v) is 6.86. The highest BCUT2D eigenvalue weighted by atomic mass is 16.5. The highest BCUT2D eigenvalue weighted by molar-refractivity contribution is 5.80. The van der Waals surface area contributed by atoms with Crippen LogP contribution >= 0.6 is 0 Å². The minimum absolute atomic E-state index is 0.0422. The van der Waals surface area contributed by atoms with Crippen LogP contribution in [0.4, 0.5) is 0 Å². The lowest BCUT2D eigenvalue weighted by molar-refractivity contribution is -0.00804. The molecular weight excluding hydrogens is 342 g/mol. The molecule has 0 saturated carbocycles. The van der Waals surface area contributed by atoms with Crippen molar-refractivity contribution in [3.05, 3.63) is 36.2 Å². The molecule has 8 heteroatoms. The van der Waals surface area contributed by atoms with Crippen molar-refractivity contribution in [1.82, 2.24) is 29.5 Å². The molecule has 1 fully saturated rings. The average Bonchev–Trinajstić information content (AvgIpc) is 3.29. The van der Waals surface area contributed by atoms with Crippen LogP contribution in [0.25, 0.3) is 0 Å². The van der Waals surface area contributed by atoms with E-state index in [2.05, 4.69) is 31.8 Å².